The molecule has 0 saturated carbocycles. The Kier molecular flexibility index (Phi) is 3.85. The number of carboxylic acids is 1. The predicted octanol–water partition coefficient (Wildman–Crippen LogP) is 1.87. The van der Waals surface area contributed by atoms with Crippen LogP contribution in [-0.2, 0) is 4.79 Å². The Hall–Kier alpha value is -2.70. The summed E-state index contributed by atoms with van der Waals surface area (Å²) in [6.07, 6.45) is 2.16. The lowest BCUT2D eigenvalue weighted by Gasteiger charge is -2.14. The van der Waals surface area contributed by atoms with Crippen LogP contribution < -0.4 is 0 Å². The third-order valence-electron chi connectivity index (χ3n) is 4.02. The monoisotopic (exact) mass is 317 g/mol. The number of amides is 1. The van der Waals surface area contributed by atoms with Crippen LogP contribution >= 0.6 is 0 Å². The molecule has 23 heavy (non-hydrogen) atoms. The normalized spacial score (nSPS) is 17.5. The SMILES string of the molecule is Cc1cn(-c2ccc(F)cc2)nc1C(=O)N1CCC(C(=O)O)C1. The summed E-state index contributed by atoms with van der Waals surface area (Å²) in [5, 5.41) is 13.3. The number of benzene rings is 1. The number of carboxylic acid groups (broad SMARTS) is 1. The molecule has 1 aliphatic rings. The average Bonchev–Trinajstić information content (AvgIpc) is 3.14. The predicted molar refractivity (Wildman–Crippen MR) is 79.9 cm³/mol. The number of carbonyl (C=O) groups excluding carboxylic acids is 1. The molecule has 0 bridgehead atoms. The molecule has 1 N–H and O–H groups in total. The van der Waals surface area contributed by atoms with Crippen molar-refractivity contribution < 1.29 is 19.1 Å². The van der Waals surface area contributed by atoms with Crippen molar-refractivity contribution in [1.29, 1.82) is 0 Å². The van der Waals surface area contributed by atoms with Gasteiger partial charge >= 0.3 is 5.97 Å². The third kappa shape index (κ3) is 2.94. The fourth-order valence-electron chi connectivity index (χ4n) is 2.69. The Labute approximate surface area is 132 Å². The number of aliphatic carboxylic acids is 1. The van der Waals surface area contributed by atoms with Gasteiger partial charge in [-0.3, -0.25) is 9.59 Å². The van der Waals surface area contributed by atoms with Crippen LogP contribution in [-0.4, -0.2) is 44.8 Å². The molecule has 1 atom stereocenters. The van der Waals surface area contributed by atoms with Crippen molar-refractivity contribution in [3.05, 3.63) is 47.5 Å². The van der Waals surface area contributed by atoms with Gasteiger partial charge in [-0.15, -0.1) is 0 Å². The summed E-state index contributed by atoms with van der Waals surface area (Å²) < 4.78 is 14.5. The van der Waals surface area contributed by atoms with Crippen LogP contribution in [0, 0.1) is 18.7 Å². The van der Waals surface area contributed by atoms with E-state index in [2.05, 4.69) is 5.10 Å². The van der Waals surface area contributed by atoms with Crippen molar-refractivity contribution in [2.24, 2.45) is 5.92 Å². The molecule has 1 unspecified atom stereocenters. The maximum atomic E-state index is 13.0. The van der Waals surface area contributed by atoms with Gasteiger partial charge in [0.05, 0.1) is 11.6 Å². The molecule has 1 aromatic carbocycles. The minimum atomic E-state index is -0.881. The van der Waals surface area contributed by atoms with Crippen LogP contribution in [0.25, 0.3) is 5.69 Å². The molecule has 0 aliphatic carbocycles. The number of aryl methyl sites for hydroxylation is 1. The second-order valence-corrected chi connectivity index (χ2v) is 5.66. The fraction of sp³-hybridized carbons (Fsp3) is 0.312. The van der Waals surface area contributed by atoms with E-state index >= 15 is 0 Å². The van der Waals surface area contributed by atoms with Gasteiger partial charge in [0.2, 0.25) is 0 Å². The first-order valence-electron chi connectivity index (χ1n) is 7.30. The Morgan fingerprint density at radius 2 is 2.00 bits per heavy atom. The van der Waals surface area contributed by atoms with Crippen LogP contribution in [0.2, 0.25) is 0 Å². The summed E-state index contributed by atoms with van der Waals surface area (Å²) in [7, 11) is 0. The van der Waals surface area contributed by atoms with Crippen LogP contribution in [0.5, 0.6) is 0 Å². The van der Waals surface area contributed by atoms with Gasteiger partial charge in [-0.1, -0.05) is 0 Å². The number of aromatic nitrogens is 2. The highest BCUT2D eigenvalue weighted by Gasteiger charge is 2.32. The summed E-state index contributed by atoms with van der Waals surface area (Å²) in [6, 6.07) is 5.80. The molecular formula is C16H16FN3O3. The topological polar surface area (TPSA) is 75.4 Å². The zero-order chi connectivity index (χ0) is 16.6. The van der Waals surface area contributed by atoms with Crippen molar-refractivity contribution >= 4 is 11.9 Å². The van der Waals surface area contributed by atoms with E-state index in [-0.39, 0.29) is 18.3 Å². The molecule has 120 valence electrons. The Morgan fingerprint density at radius 1 is 1.30 bits per heavy atom. The van der Waals surface area contributed by atoms with Gasteiger partial charge in [-0.2, -0.15) is 5.10 Å². The second-order valence-electron chi connectivity index (χ2n) is 5.66. The first-order chi connectivity index (χ1) is 11.0. The molecule has 2 heterocycles. The van der Waals surface area contributed by atoms with E-state index in [4.69, 9.17) is 5.11 Å². The van der Waals surface area contributed by atoms with Gasteiger partial charge in [0, 0.05) is 24.8 Å². The highest BCUT2D eigenvalue weighted by atomic mass is 19.1. The van der Waals surface area contributed by atoms with Crippen LogP contribution in [0.1, 0.15) is 22.5 Å². The number of halogens is 1. The zero-order valence-corrected chi connectivity index (χ0v) is 12.6. The maximum absolute atomic E-state index is 13.0. The van der Waals surface area contributed by atoms with E-state index in [9.17, 15) is 14.0 Å². The lowest BCUT2D eigenvalue weighted by atomic mass is 10.1. The molecule has 1 fully saturated rings. The molecule has 2 aromatic rings. The van der Waals surface area contributed by atoms with E-state index in [0.29, 0.717) is 29.9 Å². The number of hydrogen-bond donors (Lipinski definition) is 1. The number of nitrogens with zero attached hydrogens (tertiary/aromatic N) is 3. The fourth-order valence-corrected chi connectivity index (χ4v) is 2.69. The Bertz CT molecular complexity index is 754. The molecule has 0 radical (unpaired) electrons. The first-order valence-corrected chi connectivity index (χ1v) is 7.30. The minimum Gasteiger partial charge on any atom is -0.481 e. The van der Waals surface area contributed by atoms with Crippen molar-refractivity contribution in [3.8, 4) is 5.69 Å². The minimum absolute atomic E-state index is 0.205. The van der Waals surface area contributed by atoms with Crippen molar-refractivity contribution in [3.63, 3.8) is 0 Å². The van der Waals surface area contributed by atoms with Gasteiger partial charge in [-0.25, -0.2) is 9.07 Å². The lowest BCUT2D eigenvalue weighted by Crippen LogP contribution is -2.30. The molecule has 1 aliphatic heterocycles. The quantitative estimate of drug-likeness (QED) is 0.937. The standard InChI is InChI=1S/C16H16FN3O3/c1-10-8-20(13-4-2-12(17)3-5-13)18-14(10)15(21)19-7-6-11(9-19)16(22)23/h2-5,8,11H,6-7,9H2,1H3,(H,22,23). The molecule has 1 aromatic heterocycles. The highest BCUT2D eigenvalue weighted by Crippen LogP contribution is 2.20. The van der Waals surface area contributed by atoms with Crippen molar-refractivity contribution in [2.45, 2.75) is 13.3 Å². The molecule has 6 nitrogen and oxygen atoms in total. The molecule has 3 rings (SSSR count). The van der Waals surface area contributed by atoms with E-state index in [1.54, 1.807) is 25.3 Å². The highest BCUT2D eigenvalue weighted by molar-refractivity contribution is 5.94. The van der Waals surface area contributed by atoms with Crippen LogP contribution in [0.3, 0.4) is 0 Å². The summed E-state index contributed by atoms with van der Waals surface area (Å²) in [5.41, 5.74) is 1.64. The van der Waals surface area contributed by atoms with E-state index < -0.39 is 11.9 Å². The van der Waals surface area contributed by atoms with Gasteiger partial charge in [0.25, 0.3) is 5.91 Å². The molecule has 1 saturated heterocycles. The number of likely N-dealkylation sites (tertiary alicyclic amines) is 1. The first kappa shape index (κ1) is 15.2. The molecular weight excluding hydrogens is 301 g/mol. The maximum Gasteiger partial charge on any atom is 0.308 e. The lowest BCUT2D eigenvalue weighted by molar-refractivity contribution is -0.141. The Morgan fingerprint density at radius 3 is 2.61 bits per heavy atom. The second kappa shape index (κ2) is 5.83. The van der Waals surface area contributed by atoms with Gasteiger partial charge < -0.3 is 10.0 Å². The van der Waals surface area contributed by atoms with Gasteiger partial charge in [0.1, 0.15) is 5.82 Å². The van der Waals surface area contributed by atoms with E-state index in [1.807, 2.05) is 0 Å². The average molecular weight is 317 g/mol. The zero-order valence-electron chi connectivity index (χ0n) is 12.6. The van der Waals surface area contributed by atoms with E-state index in [0.717, 1.165) is 0 Å². The van der Waals surface area contributed by atoms with Crippen LogP contribution in [0.15, 0.2) is 30.5 Å². The largest absolute Gasteiger partial charge is 0.481 e. The van der Waals surface area contributed by atoms with E-state index in [1.165, 1.54) is 21.7 Å². The summed E-state index contributed by atoms with van der Waals surface area (Å²) in [6.45, 7) is 2.39. The summed E-state index contributed by atoms with van der Waals surface area (Å²) >= 11 is 0. The Balaban J connectivity index is 1.82. The molecule has 1 amide bonds. The van der Waals surface area contributed by atoms with Crippen LogP contribution in [0.4, 0.5) is 4.39 Å². The summed E-state index contributed by atoms with van der Waals surface area (Å²) in [4.78, 5) is 25.1. The summed E-state index contributed by atoms with van der Waals surface area (Å²) in [5.74, 6) is -2.01. The smallest absolute Gasteiger partial charge is 0.308 e. The number of hydrogen-bond acceptors (Lipinski definition) is 3. The number of rotatable bonds is 3. The third-order valence-corrected chi connectivity index (χ3v) is 4.02. The molecule has 7 heteroatoms. The van der Waals surface area contributed by atoms with Crippen molar-refractivity contribution in [2.75, 3.05) is 13.1 Å². The van der Waals surface area contributed by atoms with Gasteiger partial charge in [0.15, 0.2) is 5.69 Å². The van der Waals surface area contributed by atoms with Crippen molar-refractivity contribution in [1.82, 2.24) is 14.7 Å². The molecule has 0 spiro atoms. The number of carbonyl (C=O) groups is 2. The van der Waals surface area contributed by atoms with Gasteiger partial charge in [-0.05, 0) is 37.6 Å².